The number of ether oxygens (including phenoxy) is 1. The van der Waals surface area contributed by atoms with Crippen LogP contribution in [0.3, 0.4) is 0 Å². The van der Waals surface area contributed by atoms with Gasteiger partial charge in [-0.2, -0.15) is 0 Å². The van der Waals surface area contributed by atoms with Crippen molar-refractivity contribution < 1.29 is 14.3 Å². The molecular weight excluding hydrogens is 352 g/mol. The zero-order valence-electron chi connectivity index (χ0n) is 15.4. The maximum atomic E-state index is 12.7. The minimum absolute atomic E-state index is 0.139. The van der Waals surface area contributed by atoms with Crippen molar-refractivity contribution in [2.24, 2.45) is 0 Å². The Morgan fingerprint density at radius 3 is 1.89 bits per heavy atom. The van der Waals surface area contributed by atoms with Crippen LogP contribution < -0.4 is 10.6 Å². The molecule has 0 heterocycles. The Bertz CT molecular complexity index is 883. The van der Waals surface area contributed by atoms with Crippen molar-refractivity contribution in [3.63, 3.8) is 0 Å². The van der Waals surface area contributed by atoms with Crippen LogP contribution in [-0.4, -0.2) is 12.0 Å². The van der Waals surface area contributed by atoms with E-state index in [0.717, 1.165) is 11.1 Å². The van der Waals surface area contributed by atoms with Gasteiger partial charge in [-0.1, -0.05) is 91.0 Å². The minimum atomic E-state index is -0.840. The predicted octanol–water partition coefficient (Wildman–Crippen LogP) is 3.97. The van der Waals surface area contributed by atoms with E-state index in [0.29, 0.717) is 12.1 Å². The van der Waals surface area contributed by atoms with E-state index in [1.807, 2.05) is 78.9 Å². The van der Waals surface area contributed by atoms with Gasteiger partial charge in [0.25, 0.3) is 0 Å². The molecule has 0 radical (unpaired) electrons. The molecule has 2 N–H and O–H groups in total. The first kappa shape index (κ1) is 19.2. The number of nitrogens with one attached hydrogen (secondary N) is 2. The molecule has 1 unspecified atom stereocenters. The molecule has 5 heteroatoms. The largest absolute Gasteiger partial charge is 0.445 e. The molecule has 0 spiro atoms. The number of hydrogen-bond acceptors (Lipinski definition) is 3. The second kappa shape index (κ2) is 9.92. The lowest BCUT2D eigenvalue weighted by Crippen LogP contribution is -2.40. The van der Waals surface area contributed by atoms with Crippen LogP contribution in [0.5, 0.6) is 0 Å². The van der Waals surface area contributed by atoms with E-state index in [1.165, 1.54) is 0 Å². The maximum Gasteiger partial charge on any atom is 0.408 e. The smallest absolute Gasteiger partial charge is 0.408 e. The second-order valence-electron chi connectivity index (χ2n) is 6.25. The van der Waals surface area contributed by atoms with E-state index in [-0.39, 0.29) is 12.5 Å². The van der Waals surface area contributed by atoms with Gasteiger partial charge in [0, 0.05) is 6.54 Å². The summed E-state index contributed by atoms with van der Waals surface area (Å²) in [6.07, 6.45) is -0.646. The summed E-state index contributed by atoms with van der Waals surface area (Å²) < 4.78 is 5.26. The predicted molar refractivity (Wildman–Crippen MR) is 107 cm³/mol. The first-order valence-corrected chi connectivity index (χ1v) is 9.06. The third-order valence-electron chi connectivity index (χ3n) is 4.18. The van der Waals surface area contributed by atoms with Crippen molar-refractivity contribution in [1.82, 2.24) is 10.6 Å². The molecule has 0 bridgehead atoms. The Balaban J connectivity index is 1.63. The average Bonchev–Trinajstić information content (AvgIpc) is 2.76. The summed E-state index contributed by atoms with van der Waals surface area (Å²) in [4.78, 5) is 25.0. The first-order valence-electron chi connectivity index (χ1n) is 9.06. The van der Waals surface area contributed by atoms with E-state index in [4.69, 9.17) is 4.74 Å². The zero-order valence-corrected chi connectivity index (χ0v) is 15.4. The fourth-order valence-corrected chi connectivity index (χ4v) is 2.72. The SMILES string of the molecule is O=C(NC(C(=O)NCc1ccccc1)c1ccccc1)OCc1ccccc1. The molecule has 0 saturated heterocycles. The molecule has 0 fully saturated rings. The number of hydrogen-bond donors (Lipinski definition) is 2. The highest BCUT2D eigenvalue weighted by Crippen LogP contribution is 2.14. The molecule has 0 aliphatic rings. The number of carbonyl (C=O) groups excluding carboxylic acids is 2. The summed E-state index contributed by atoms with van der Waals surface area (Å²) >= 11 is 0. The fourth-order valence-electron chi connectivity index (χ4n) is 2.72. The highest BCUT2D eigenvalue weighted by Gasteiger charge is 2.23. The highest BCUT2D eigenvalue weighted by molar-refractivity contribution is 5.86. The molecule has 3 aromatic rings. The summed E-state index contributed by atoms with van der Waals surface area (Å²) in [5, 5.41) is 5.53. The van der Waals surface area contributed by atoms with Gasteiger partial charge in [-0.05, 0) is 16.7 Å². The standard InChI is InChI=1S/C23H22N2O3/c26-22(24-16-18-10-4-1-5-11-18)21(20-14-8-3-9-15-20)25-23(27)28-17-19-12-6-2-7-13-19/h1-15,21H,16-17H2,(H,24,26)(H,25,27). The molecule has 1 atom stereocenters. The third kappa shape index (κ3) is 5.71. The molecule has 2 amide bonds. The molecule has 3 rings (SSSR count). The summed E-state index contributed by atoms with van der Waals surface area (Å²) in [6, 6.07) is 27.2. The molecule has 0 aliphatic carbocycles. The Kier molecular flexibility index (Phi) is 6.79. The number of carbonyl (C=O) groups is 2. The average molecular weight is 374 g/mol. The molecule has 0 aliphatic heterocycles. The Hall–Kier alpha value is -3.60. The molecule has 0 saturated carbocycles. The Labute approximate surface area is 164 Å². The van der Waals surface area contributed by atoms with E-state index < -0.39 is 12.1 Å². The zero-order chi connectivity index (χ0) is 19.6. The van der Waals surface area contributed by atoms with Gasteiger partial charge in [0.1, 0.15) is 12.6 Å². The van der Waals surface area contributed by atoms with Crippen molar-refractivity contribution >= 4 is 12.0 Å². The van der Waals surface area contributed by atoms with Crippen molar-refractivity contribution in [2.75, 3.05) is 0 Å². The molecule has 3 aromatic carbocycles. The lowest BCUT2D eigenvalue weighted by molar-refractivity contribution is -0.123. The van der Waals surface area contributed by atoms with Crippen molar-refractivity contribution in [3.8, 4) is 0 Å². The number of amides is 2. The van der Waals surface area contributed by atoms with Crippen LogP contribution in [0.2, 0.25) is 0 Å². The van der Waals surface area contributed by atoms with Crippen LogP contribution >= 0.6 is 0 Å². The molecule has 0 aromatic heterocycles. The number of rotatable bonds is 7. The van der Waals surface area contributed by atoms with Crippen LogP contribution in [-0.2, 0) is 22.7 Å². The van der Waals surface area contributed by atoms with Crippen LogP contribution in [0, 0.1) is 0 Å². The lowest BCUT2D eigenvalue weighted by Gasteiger charge is -2.19. The Morgan fingerprint density at radius 2 is 1.29 bits per heavy atom. The van der Waals surface area contributed by atoms with Crippen molar-refractivity contribution in [1.29, 1.82) is 0 Å². The van der Waals surface area contributed by atoms with Gasteiger partial charge in [0.05, 0.1) is 0 Å². The van der Waals surface area contributed by atoms with Crippen LogP contribution in [0.25, 0.3) is 0 Å². The lowest BCUT2D eigenvalue weighted by atomic mass is 10.1. The normalized spacial score (nSPS) is 11.3. The minimum Gasteiger partial charge on any atom is -0.445 e. The number of benzene rings is 3. The van der Waals surface area contributed by atoms with Gasteiger partial charge >= 0.3 is 6.09 Å². The van der Waals surface area contributed by atoms with Gasteiger partial charge in [0.2, 0.25) is 5.91 Å². The van der Waals surface area contributed by atoms with E-state index in [1.54, 1.807) is 12.1 Å². The monoisotopic (exact) mass is 374 g/mol. The topological polar surface area (TPSA) is 67.4 Å². The van der Waals surface area contributed by atoms with E-state index >= 15 is 0 Å². The highest BCUT2D eigenvalue weighted by atomic mass is 16.5. The van der Waals surface area contributed by atoms with Crippen LogP contribution in [0.15, 0.2) is 91.0 Å². The number of alkyl carbamates (subject to hydrolysis) is 1. The van der Waals surface area contributed by atoms with E-state index in [2.05, 4.69) is 10.6 Å². The summed E-state index contributed by atoms with van der Waals surface area (Å²) in [5.74, 6) is -0.299. The first-order chi connectivity index (χ1) is 13.7. The Morgan fingerprint density at radius 1 is 0.750 bits per heavy atom. The van der Waals surface area contributed by atoms with Crippen molar-refractivity contribution in [3.05, 3.63) is 108 Å². The van der Waals surface area contributed by atoms with Gasteiger partial charge in [-0.3, -0.25) is 4.79 Å². The van der Waals surface area contributed by atoms with Crippen LogP contribution in [0.4, 0.5) is 4.79 Å². The van der Waals surface area contributed by atoms with Crippen molar-refractivity contribution in [2.45, 2.75) is 19.2 Å². The van der Waals surface area contributed by atoms with Gasteiger partial charge < -0.3 is 15.4 Å². The maximum absolute atomic E-state index is 12.7. The quantitative estimate of drug-likeness (QED) is 0.658. The van der Waals surface area contributed by atoms with Gasteiger partial charge in [-0.15, -0.1) is 0 Å². The van der Waals surface area contributed by atoms with Gasteiger partial charge in [-0.25, -0.2) is 4.79 Å². The summed E-state index contributed by atoms with van der Waals surface area (Å²) in [7, 11) is 0. The molecular formula is C23H22N2O3. The van der Waals surface area contributed by atoms with Crippen LogP contribution in [0.1, 0.15) is 22.7 Å². The fraction of sp³-hybridized carbons (Fsp3) is 0.130. The van der Waals surface area contributed by atoms with E-state index in [9.17, 15) is 9.59 Å². The third-order valence-corrected chi connectivity index (χ3v) is 4.18. The molecule has 5 nitrogen and oxygen atoms in total. The second-order valence-corrected chi connectivity index (χ2v) is 6.25. The summed E-state index contributed by atoms with van der Waals surface area (Å²) in [6.45, 7) is 0.517. The summed E-state index contributed by atoms with van der Waals surface area (Å²) in [5.41, 5.74) is 2.54. The molecule has 28 heavy (non-hydrogen) atoms. The van der Waals surface area contributed by atoms with Gasteiger partial charge in [0.15, 0.2) is 0 Å². The molecule has 142 valence electrons.